The summed E-state index contributed by atoms with van der Waals surface area (Å²) in [5.74, 6) is 0.427. The van der Waals surface area contributed by atoms with Crippen molar-refractivity contribution in [3.8, 4) is 0 Å². The fraction of sp³-hybridized carbons (Fsp3) is 0.818. The number of hydrogen-bond donors (Lipinski definition) is 2. The van der Waals surface area contributed by atoms with Crippen molar-refractivity contribution < 1.29 is 14.7 Å². The van der Waals surface area contributed by atoms with Crippen LogP contribution in [0, 0.1) is 5.92 Å². The maximum atomic E-state index is 11.7. The Morgan fingerprint density at radius 2 is 2.25 bits per heavy atom. The average Bonchev–Trinajstić information content (AvgIpc) is 2.66. The van der Waals surface area contributed by atoms with Crippen LogP contribution in [0.25, 0.3) is 0 Å². The number of rotatable bonds is 5. The molecular formula is C11H20N2O3. The highest BCUT2D eigenvalue weighted by atomic mass is 16.3. The maximum absolute atomic E-state index is 11.7. The first-order chi connectivity index (χ1) is 7.63. The van der Waals surface area contributed by atoms with E-state index in [4.69, 9.17) is 5.11 Å². The largest absolute Gasteiger partial charge is 0.396 e. The van der Waals surface area contributed by atoms with Gasteiger partial charge in [-0.3, -0.25) is 9.59 Å². The van der Waals surface area contributed by atoms with Crippen molar-refractivity contribution in [2.24, 2.45) is 5.92 Å². The molecular weight excluding hydrogens is 208 g/mol. The summed E-state index contributed by atoms with van der Waals surface area (Å²) in [6, 6.07) is 0. The van der Waals surface area contributed by atoms with Crippen LogP contribution < -0.4 is 5.32 Å². The second-order valence-corrected chi connectivity index (χ2v) is 4.24. The number of carbonyl (C=O) groups excluding carboxylic acids is 2. The van der Waals surface area contributed by atoms with Crippen molar-refractivity contribution in [3.05, 3.63) is 0 Å². The molecule has 1 atom stereocenters. The van der Waals surface area contributed by atoms with Crippen LogP contribution in [0.1, 0.15) is 26.2 Å². The van der Waals surface area contributed by atoms with E-state index in [1.807, 2.05) is 4.90 Å². The van der Waals surface area contributed by atoms with Crippen LogP contribution in [0.4, 0.5) is 0 Å². The van der Waals surface area contributed by atoms with Gasteiger partial charge in [-0.05, 0) is 18.8 Å². The van der Waals surface area contributed by atoms with Crippen LogP contribution in [-0.4, -0.2) is 48.1 Å². The SMILES string of the molecule is CC(=O)NCCC(=O)N1CCC(CCO)C1. The molecule has 92 valence electrons. The molecule has 1 unspecified atom stereocenters. The van der Waals surface area contributed by atoms with E-state index >= 15 is 0 Å². The van der Waals surface area contributed by atoms with Gasteiger partial charge in [0.1, 0.15) is 0 Å². The molecule has 0 aliphatic carbocycles. The Morgan fingerprint density at radius 3 is 2.88 bits per heavy atom. The lowest BCUT2D eigenvalue weighted by Crippen LogP contribution is -2.32. The summed E-state index contributed by atoms with van der Waals surface area (Å²) < 4.78 is 0. The third-order valence-corrected chi connectivity index (χ3v) is 2.89. The molecule has 1 aliphatic heterocycles. The minimum atomic E-state index is -0.104. The van der Waals surface area contributed by atoms with E-state index < -0.39 is 0 Å². The molecule has 0 aromatic heterocycles. The third kappa shape index (κ3) is 4.18. The lowest BCUT2D eigenvalue weighted by atomic mass is 10.1. The third-order valence-electron chi connectivity index (χ3n) is 2.89. The Labute approximate surface area is 95.8 Å². The van der Waals surface area contributed by atoms with Crippen LogP contribution in [-0.2, 0) is 9.59 Å². The van der Waals surface area contributed by atoms with Gasteiger partial charge >= 0.3 is 0 Å². The molecule has 1 aliphatic rings. The van der Waals surface area contributed by atoms with Crippen LogP contribution in [0.15, 0.2) is 0 Å². The van der Waals surface area contributed by atoms with Gasteiger partial charge in [0.05, 0.1) is 0 Å². The van der Waals surface area contributed by atoms with E-state index in [-0.39, 0.29) is 18.4 Å². The zero-order valence-electron chi connectivity index (χ0n) is 9.74. The zero-order valence-corrected chi connectivity index (χ0v) is 9.74. The second-order valence-electron chi connectivity index (χ2n) is 4.24. The lowest BCUT2D eigenvalue weighted by molar-refractivity contribution is -0.130. The van der Waals surface area contributed by atoms with E-state index in [2.05, 4.69) is 5.32 Å². The molecule has 0 spiro atoms. The van der Waals surface area contributed by atoms with Crippen molar-refractivity contribution in [2.75, 3.05) is 26.2 Å². The Kier molecular flexibility index (Phi) is 5.25. The van der Waals surface area contributed by atoms with Gasteiger partial charge < -0.3 is 15.3 Å². The fourth-order valence-corrected chi connectivity index (χ4v) is 1.98. The highest BCUT2D eigenvalue weighted by Gasteiger charge is 2.25. The quantitative estimate of drug-likeness (QED) is 0.681. The van der Waals surface area contributed by atoms with E-state index in [9.17, 15) is 9.59 Å². The smallest absolute Gasteiger partial charge is 0.224 e. The minimum Gasteiger partial charge on any atom is -0.396 e. The number of nitrogens with zero attached hydrogens (tertiary/aromatic N) is 1. The molecule has 0 saturated carbocycles. The first kappa shape index (κ1) is 13.0. The predicted octanol–water partition coefficient (Wildman–Crippen LogP) is -0.257. The van der Waals surface area contributed by atoms with Crippen LogP contribution in [0.2, 0.25) is 0 Å². The zero-order chi connectivity index (χ0) is 12.0. The summed E-state index contributed by atoms with van der Waals surface area (Å²) >= 11 is 0. The second kappa shape index (κ2) is 6.48. The molecule has 0 aromatic rings. The van der Waals surface area contributed by atoms with Gasteiger partial charge in [-0.25, -0.2) is 0 Å². The number of hydrogen-bond acceptors (Lipinski definition) is 3. The predicted molar refractivity (Wildman–Crippen MR) is 59.7 cm³/mol. The normalized spacial score (nSPS) is 19.9. The lowest BCUT2D eigenvalue weighted by Gasteiger charge is -2.16. The number of carbonyl (C=O) groups is 2. The first-order valence-electron chi connectivity index (χ1n) is 5.76. The van der Waals surface area contributed by atoms with Crippen LogP contribution in [0.3, 0.4) is 0 Å². The number of amides is 2. The molecule has 0 bridgehead atoms. The average molecular weight is 228 g/mol. The van der Waals surface area contributed by atoms with Crippen molar-refractivity contribution in [2.45, 2.75) is 26.2 Å². The number of aliphatic hydroxyl groups is 1. The molecule has 1 rings (SSSR count). The molecule has 5 nitrogen and oxygen atoms in total. The van der Waals surface area contributed by atoms with Gasteiger partial charge in [0.25, 0.3) is 0 Å². The molecule has 1 saturated heterocycles. The van der Waals surface area contributed by atoms with E-state index in [0.717, 1.165) is 25.9 Å². The Morgan fingerprint density at radius 1 is 1.50 bits per heavy atom. The summed E-state index contributed by atoms with van der Waals surface area (Å²) in [5.41, 5.74) is 0. The Hall–Kier alpha value is -1.10. The van der Waals surface area contributed by atoms with Gasteiger partial charge in [0.2, 0.25) is 11.8 Å². The number of likely N-dealkylation sites (tertiary alicyclic amines) is 1. The molecule has 0 radical (unpaired) electrons. The molecule has 1 heterocycles. The van der Waals surface area contributed by atoms with Gasteiger partial charge in [0, 0.05) is 39.6 Å². The van der Waals surface area contributed by atoms with E-state index in [1.165, 1.54) is 6.92 Å². The molecule has 0 aromatic carbocycles. The monoisotopic (exact) mass is 228 g/mol. The standard InChI is InChI=1S/C11H20N2O3/c1-9(15)12-5-2-11(16)13-6-3-10(8-13)4-7-14/h10,14H,2-8H2,1H3,(H,12,15). The molecule has 16 heavy (non-hydrogen) atoms. The fourth-order valence-electron chi connectivity index (χ4n) is 1.98. The van der Waals surface area contributed by atoms with Crippen molar-refractivity contribution in [1.29, 1.82) is 0 Å². The molecule has 5 heteroatoms. The Bertz CT molecular complexity index is 256. The maximum Gasteiger partial charge on any atom is 0.224 e. The summed E-state index contributed by atoms with van der Waals surface area (Å²) in [6.07, 6.45) is 2.12. The van der Waals surface area contributed by atoms with Crippen LogP contribution >= 0.6 is 0 Å². The summed E-state index contributed by atoms with van der Waals surface area (Å²) in [7, 11) is 0. The summed E-state index contributed by atoms with van der Waals surface area (Å²) in [4.78, 5) is 24.1. The highest BCUT2D eigenvalue weighted by Crippen LogP contribution is 2.19. The number of nitrogens with one attached hydrogen (secondary N) is 1. The minimum absolute atomic E-state index is 0.0918. The van der Waals surface area contributed by atoms with E-state index in [1.54, 1.807) is 0 Å². The summed E-state index contributed by atoms with van der Waals surface area (Å²) in [5, 5.41) is 11.4. The first-order valence-corrected chi connectivity index (χ1v) is 5.76. The molecule has 2 N–H and O–H groups in total. The molecule has 1 fully saturated rings. The molecule has 2 amide bonds. The van der Waals surface area contributed by atoms with Gasteiger partial charge in [0.15, 0.2) is 0 Å². The van der Waals surface area contributed by atoms with E-state index in [0.29, 0.717) is 18.9 Å². The van der Waals surface area contributed by atoms with Crippen molar-refractivity contribution >= 4 is 11.8 Å². The highest BCUT2D eigenvalue weighted by molar-refractivity contribution is 5.78. The van der Waals surface area contributed by atoms with Gasteiger partial charge in [-0.1, -0.05) is 0 Å². The van der Waals surface area contributed by atoms with Gasteiger partial charge in [-0.2, -0.15) is 0 Å². The van der Waals surface area contributed by atoms with Gasteiger partial charge in [-0.15, -0.1) is 0 Å². The van der Waals surface area contributed by atoms with Crippen molar-refractivity contribution in [3.63, 3.8) is 0 Å². The number of aliphatic hydroxyl groups excluding tert-OH is 1. The van der Waals surface area contributed by atoms with Crippen LogP contribution in [0.5, 0.6) is 0 Å². The Balaban J connectivity index is 2.20. The van der Waals surface area contributed by atoms with Crippen molar-refractivity contribution in [1.82, 2.24) is 10.2 Å². The summed E-state index contributed by atoms with van der Waals surface area (Å²) in [6.45, 7) is 3.58. The topological polar surface area (TPSA) is 69.6 Å².